The largest absolute Gasteiger partial charge is 0.313 e. The fraction of sp³-hybridized carbons (Fsp3) is 0.818. The maximum Gasteiger partial charge on any atom is 0.148 e. The smallest absolute Gasteiger partial charge is 0.148 e. The number of unbranched alkanes of at least 4 members (excludes halogenated alkanes) is 1. The number of nitrogens with zero attached hydrogens (tertiary/aromatic N) is 3. The van der Waals surface area contributed by atoms with Crippen molar-refractivity contribution >= 4 is 11.6 Å². The number of hydrogen-bond donors (Lipinski definition) is 0. The zero-order valence-corrected chi connectivity index (χ0v) is 10.4. The molecule has 0 aliphatic rings. The minimum Gasteiger partial charge on any atom is -0.313 e. The summed E-state index contributed by atoms with van der Waals surface area (Å²) < 4.78 is 2.14. The summed E-state index contributed by atoms with van der Waals surface area (Å²) in [6.45, 7) is 4.43. The maximum absolute atomic E-state index is 5.83. The molecule has 3 nitrogen and oxygen atoms in total. The van der Waals surface area contributed by atoms with Crippen LogP contribution >= 0.6 is 11.6 Å². The van der Waals surface area contributed by atoms with Crippen LogP contribution in [0.15, 0.2) is 6.33 Å². The van der Waals surface area contributed by atoms with Crippen molar-refractivity contribution in [3.8, 4) is 0 Å². The van der Waals surface area contributed by atoms with Gasteiger partial charge in [0, 0.05) is 6.04 Å². The lowest BCUT2D eigenvalue weighted by molar-refractivity contribution is 0.408. The molecule has 0 saturated carbocycles. The zero-order valence-electron chi connectivity index (χ0n) is 9.62. The lowest BCUT2D eigenvalue weighted by Crippen LogP contribution is -2.11. The van der Waals surface area contributed by atoms with Crippen molar-refractivity contribution < 1.29 is 0 Å². The van der Waals surface area contributed by atoms with E-state index < -0.39 is 0 Å². The van der Waals surface area contributed by atoms with Gasteiger partial charge in [-0.3, -0.25) is 0 Å². The summed E-state index contributed by atoms with van der Waals surface area (Å²) in [6, 6.07) is 0.527. The molecule has 1 unspecified atom stereocenters. The van der Waals surface area contributed by atoms with Crippen molar-refractivity contribution in [1.82, 2.24) is 14.8 Å². The fourth-order valence-corrected chi connectivity index (χ4v) is 2.05. The minimum atomic E-state index is 0.451. The van der Waals surface area contributed by atoms with E-state index in [9.17, 15) is 0 Å². The Kier molecular flexibility index (Phi) is 5.69. The summed E-state index contributed by atoms with van der Waals surface area (Å²) in [6.07, 6.45) is 7.87. The third-order valence-corrected chi connectivity index (χ3v) is 2.91. The van der Waals surface area contributed by atoms with Gasteiger partial charge in [-0.25, -0.2) is 0 Å². The average molecular weight is 230 g/mol. The van der Waals surface area contributed by atoms with Crippen molar-refractivity contribution in [1.29, 1.82) is 0 Å². The third kappa shape index (κ3) is 3.49. The zero-order chi connectivity index (χ0) is 11.1. The predicted molar refractivity (Wildman–Crippen MR) is 63.0 cm³/mol. The molecule has 1 rings (SSSR count). The highest BCUT2D eigenvalue weighted by molar-refractivity contribution is 6.16. The van der Waals surface area contributed by atoms with E-state index in [1.165, 1.54) is 32.1 Å². The molecule has 0 bridgehead atoms. The van der Waals surface area contributed by atoms with Crippen molar-refractivity contribution in [3.05, 3.63) is 12.2 Å². The molecule has 0 spiro atoms. The second kappa shape index (κ2) is 6.83. The van der Waals surface area contributed by atoms with Gasteiger partial charge in [0.25, 0.3) is 0 Å². The SMILES string of the molecule is CCCCC(CCC)n1cnnc1CCl. The Labute approximate surface area is 96.8 Å². The highest BCUT2D eigenvalue weighted by Gasteiger charge is 2.13. The van der Waals surface area contributed by atoms with Crippen LogP contribution in [0.4, 0.5) is 0 Å². The Hall–Kier alpha value is -0.570. The lowest BCUT2D eigenvalue weighted by Gasteiger charge is -2.18. The molecule has 15 heavy (non-hydrogen) atoms. The van der Waals surface area contributed by atoms with Gasteiger partial charge >= 0.3 is 0 Å². The third-order valence-electron chi connectivity index (χ3n) is 2.67. The van der Waals surface area contributed by atoms with Gasteiger partial charge in [0.05, 0.1) is 5.88 Å². The van der Waals surface area contributed by atoms with E-state index in [2.05, 4.69) is 28.6 Å². The molecule has 1 atom stereocenters. The molecule has 0 radical (unpaired) electrons. The first-order chi connectivity index (χ1) is 7.33. The summed E-state index contributed by atoms with van der Waals surface area (Å²) in [5, 5.41) is 7.96. The van der Waals surface area contributed by atoms with E-state index >= 15 is 0 Å². The Balaban J connectivity index is 2.69. The predicted octanol–water partition coefficient (Wildman–Crippen LogP) is 3.55. The molecule has 0 amide bonds. The van der Waals surface area contributed by atoms with Crippen molar-refractivity contribution in [2.24, 2.45) is 0 Å². The van der Waals surface area contributed by atoms with Gasteiger partial charge in [-0.1, -0.05) is 33.1 Å². The molecule has 1 aromatic rings. The van der Waals surface area contributed by atoms with Crippen LogP contribution in [0.3, 0.4) is 0 Å². The molecule has 0 N–H and O–H groups in total. The second-order valence-corrected chi connectivity index (χ2v) is 4.14. The molecule has 1 heterocycles. The van der Waals surface area contributed by atoms with Gasteiger partial charge in [-0.05, 0) is 12.8 Å². The molecular formula is C11H20ClN3. The average Bonchev–Trinajstić information content (AvgIpc) is 2.72. The first kappa shape index (κ1) is 12.5. The van der Waals surface area contributed by atoms with Crippen LogP contribution in [0, 0.1) is 0 Å². The van der Waals surface area contributed by atoms with Crippen LogP contribution in [-0.2, 0) is 5.88 Å². The summed E-state index contributed by atoms with van der Waals surface area (Å²) in [7, 11) is 0. The Bertz CT molecular complexity index is 273. The molecule has 0 aromatic carbocycles. The first-order valence-corrected chi connectivity index (χ1v) is 6.31. The van der Waals surface area contributed by atoms with Gasteiger partial charge in [-0.2, -0.15) is 0 Å². The van der Waals surface area contributed by atoms with Crippen LogP contribution < -0.4 is 0 Å². The number of hydrogen-bond acceptors (Lipinski definition) is 2. The van der Waals surface area contributed by atoms with Crippen LogP contribution in [-0.4, -0.2) is 14.8 Å². The standard InChI is InChI=1S/C11H20ClN3/c1-3-5-7-10(6-4-2)15-9-13-14-11(15)8-12/h9-10H,3-8H2,1-2H3. The van der Waals surface area contributed by atoms with E-state index in [0.29, 0.717) is 11.9 Å². The maximum atomic E-state index is 5.83. The Morgan fingerprint density at radius 1 is 1.33 bits per heavy atom. The normalized spacial score (nSPS) is 13.0. The van der Waals surface area contributed by atoms with Crippen molar-refractivity contribution in [2.75, 3.05) is 0 Å². The lowest BCUT2D eigenvalue weighted by atomic mass is 10.1. The summed E-state index contributed by atoms with van der Waals surface area (Å²) in [4.78, 5) is 0. The van der Waals surface area contributed by atoms with Crippen molar-refractivity contribution in [2.45, 2.75) is 57.9 Å². The molecule has 0 aliphatic heterocycles. The number of halogens is 1. The molecule has 0 aliphatic carbocycles. The monoisotopic (exact) mass is 229 g/mol. The summed E-state index contributed by atoms with van der Waals surface area (Å²) in [5.41, 5.74) is 0. The highest BCUT2D eigenvalue weighted by atomic mass is 35.5. The summed E-state index contributed by atoms with van der Waals surface area (Å²) in [5.74, 6) is 1.35. The van der Waals surface area contributed by atoms with E-state index in [1.807, 2.05) is 6.33 Å². The van der Waals surface area contributed by atoms with Crippen LogP contribution in [0.1, 0.15) is 57.8 Å². The quantitative estimate of drug-likeness (QED) is 0.670. The van der Waals surface area contributed by atoms with Gasteiger partial charge in [0.2, 0.25) is 0 Å². The molecule has 4 heteroatoms. The topological polar surface area (TPSA) is 30.7 Å². The molecule has 1 aromatic heterocycles. The molecular weight excluding hydrogens is 210 g/mol. The fourth-order valence-electron chi connectivity index (χ4n) is 1.86. The minimum absolute atomic E-state index is 0.451. The summed E-state index contributed by atoms with van der Waals surface area (Å²) >= 11 is 5.83. The van der Waals surface area contributed by atoms with Gasteiger partial charge in [-0.15, -0.1) is 21.8 Å². The van der Waals surface area contributed by atoms with Crippen LogP contribution in [0.25, 0.3) is 0 Å². The van der Waals surface area contributed by atoms with E-state index in [-0.39, 0.29) is 0 Å². The second-order valence-electron chi connectivity index (χ2n) is 3.87. The highest BCUT2D eigenvalue weighted by Crippen LogP contribution is 2.22. The van der Waals surface area contributed by atoms with Crippen LogP contribution in [0.2, 0.25) is 0 Å². The number of aromatic nitrogens is 3. The first-order valence-electron chi connectivity index (χ1n) is 5.77. The van der Waals surface area contributed by atoms with Crippen LogP contribution in [0.5, 0.6) is 0 Å². The number of rotatable bonds is 7. The number of alkyl halides is 1. The van der Waals surface area contributed by atoms with Gasteiger partial charge < -0.3 is 4.57 Å². The van der Waals surface area contributed by atoms with Gasteiger partial charge in [0.15, 0.2) is 0 Å². The molecule has 0 fully saturated rings. The Morgan fingerprint density at radius 2 is 2.13 bits per heavy atom. The van der Waals surface area contributed by atoms with E-state index in [1.54, 1.807) is 0 Å². The van der Waals surface area contributed by atoms with E-state index in [4.69, 9.17) is 11.6 Å². The van der Waals surface area contributed by atoms with E-state index in [0.717, 1.165) is 5.82 Å². The van der Waals surface area contributed by atoms with Gasteiger partial charge in [0.1, 0.15) is 12.2 Å². The van der Waals surface area contributed by atoms with Crippen molar-refractivity contribution in [3.63, 3.8) is 0 Å². The Morgan fingerprint density at radius 3 is 2.73 bits per heavy atom. The molecule has 0 saturated heterocycles. The molecule has 86 valence electrons.